The van der Waals surface area contributed by atoms with Crippen molar-refractivity contribution < 1.29 is 9.47 Å². The third kappa shape index (κ3) is 5.36. The molecule has 1 aliphatic rings. The van der Waals surface area contributed by atoms with Gasteiger partial charge >= 0.3 is 0 Å². The maximum Gasteiger partial charge on any atom is 0.193 e. The van der Waals surface area contributed by atoms with Gasteiger partial charge in [0, 0.05) is 51.5 Å². The molecule has 0 radical (unpaired) electrons. The number of hydrogen-bond acceptors (Lipinski definition) is 5. The monoisotopic (exact) mass is 383 g/mol. The highest BCUT2D eigenvalue weighted by molar-refractivity contribution is 5.80. The van der Waals surface area contributed by atoms with Crippen LogP contribution in [0.3, 0.4) is 0 Å². The van der Waals surface area contributed by atoms with Crippen molar-refractivity contribution in [1.82, 2.24) is 15.2 Å². The van der Waals surface area contributed by atoms with Gasteiger partial charge in [-0.15, -0.1) is 0 Å². The summed E-state index contributed by atoms with van der Waals surface area (Å²) in [5.74, 6) is 2.81. The maximum absolute atomic E-state index is 5.79. The van der Waals surface area contributed by atoms with Crippen LogP contribution in [0.4, 0.5) is 5.82 Å². The van der Waals surface area contributed by atoms with Crippen molar-refractivity contribution in [2.45, 2.75) is 6.61 Å². The van der Waals surface area contributed by atoms with Crippen LogP contribution < -0.4 is 15.0 Å². The number of aromatic nitrogens is 1. The zero-order valence-corrected chi connectivity index (χ0v) is 16.7. The quantitative estimate of drug-likeness (QED) is 0.448. The van der Waals surface area contributed by atoms with Gasteiger partial charge in [-0.2, -0.15) is 0 Å². The molecule has 150 valence electrons. The lowest BCUT2D eigenvalue weighted by atomic mass is 10.2. The van der Waals surface area contributed by atoms with Crippen LogP contribution in [0.25, 0.3) is 0 Å². The number of nitrogens with one attached hydrogen (secondary N) is 1. The first-order valence-electron chi connectivity index (χ1n) is 9.63. The van der Waals surface area contributed by atoms with Crippen molar-refractivity contribution in [3.63, 3.8) is 0 Å². The third-order valence-corrected chi connectivity index (χ3v) is 4.74. The van der Waals surface area contributed by atoms with Crippen LogP contribution in [0.15, 0.2) is 53.7 Å². The first kappa shape index (κ1) is 19.9. The number of pyridine rings is 1. The van der Waals surface area contributed by atoms with Gasteiger partial charge in [-0.1, -0.05) is 24.3 Å². The number of guanidine groups is 1. The number of benzene rings is 1. The van der Waals surface area contributed by atoms with Gasteiger partial charge in [-0.25, -0.2) is 4.98 Å². The molecule has 1 aromatic carbocycles. The zero-order chi connectivity index (χ0) is 19.6. The Balaban J connectivity index is 1.38. The fourth-order valence-corrected chi connectivity index (χ4v) is 3.26. The lowest BCUT2D eigenvalue weighted by Crippen LogP contribution is -2.53. The topological polar surface area (TPSA) is 62.2 Å². The zero-order valence-electron chi connectivity index (χ0n) is 16.7. The lowest BCUT2D eigenvalue weighted by molar-refractivity contribution is 0.123. The van der Waals surface area contributed by atoms with Gasteiger partial charge in [-0.05, 0) is 18.2 Å². The molecule has 1 aromatic heterocycles. The van der Waals surface area contributed by atoms with Crippen LogP contribution >= 0.6 is 0 Å². The number of ether oxygens (including phenoxy) is 2. The first-order chi connectivity index (χ1) is 13.8. The lowest BCUT2D eigenvalue weighted by Gasteiger charge is -2.37. The smallest absolute Gasteiger partial charge is 0.193 e. The molecule has 2 aromatic rings. The molecule has 7 nitrogen and oxygen atoms in total. The largest absolute Gasteiger partial charge is 0.496 e. The van der Waals surface area contributed by atoms with Crippen molar-refractivity contribution in [2.75, 3.05) is 58.4 Å². The molecule has 0 amide bonds. The van der Waals surface area contributed by atoms with Gasteiger partial charge in [0.2, 0.25) is 0 Å². The second kappa shape index (κ2) is 10.5. The molecule has 0 spiro atoms. The second-order valence-electron chi connectivity index (χ2n) is 6.50. The molecule has 0 unspecified atom stereocenters. The Kier molecular flexibility index (Phi) is 7.49. The highest BCUT2D eigenvalue weighted by Crippen LogP contribution is 2.17. The highest BCUT2D eigenvalue weighted by Gasteiger charge is 2.20. The van der Waals surface area contributed by atoms with Gasteiger partial charge in [-0.3, -0.25) is 4.99 Å². The first-order valence-corrected chi connectivity index (χ1v) is 9.63. The van der Waals surface area contributed by atoms with Crippen LogP contribution in [-0.2, 0) is 11.3 Å². The van der Waals surface area contributed by atoms with E-state index in [1.807, 2.05) is 49.6 Å². The fourth-order valence-electron chi connectivity index (χ4n) is 3.26. The number of piperazine rings is 1. The van der Waals surface area contributed by atoms with Crippen molar-refractivity contribution in [3.8, 4) is 5.75 Å². The number of anilines is 1. The average molecular weight is 383 g/mol. The Hall–Kier alpha value is -2.80. The normalized spacial score (nSPS) is 14.9. The minimum Gasteiger partial charge on any atom is -0.496 e. The molecule has 7 heteroatoms. The SMILES string of the molecule is CN=C(NCCOCc1ccccc1OC)N1CCN(c2ccccn2)CC1. The van der Waals surface area contributed by atoms with Crippen molar-refractivity contribution in [3.05, 3.63) is 54.2 Å². The van der Waals surface area contributed by atoms with E-state index in [-0.39, 0.29) is 0 Å². The average Bonchev–Trinajstić information content (AvgIpc) is 2.77. The molecule has 3 rings (SSSR count). The Morgan fingerprint density at radius 3 is 2.61 bits per heavy atom. The maximum atomic E-state index is 5.79. The van der Waals surface area contributed by atoms with Crippen LogP contribution in [0.5, 0.6) is 5.75 Å². The molecule has 0 aliphatic carbocycles. The van der Waals surface area contributed by atoms with E-state index in [0.29, 0.717) is 19.8 Å². The number of aliphatic imine (C=N–C) groups is 1. The summed E-state index contributed by atoms with van der Waals surface area (Å²) in [6.45, 7) is 5.54. The molecule has 0 saturated carbocycles. The van der Waals surface area contributed by atoms with Crippen LogP contribution in [0, 0.1) is 0 Å². The molecule has 1 N–H and O–H groups in total. The molecule has 28 heavy (non-hydrogen) atoms. The summed E-state index contributed by atoms with van der Waals surface area (Å²) in [7, 11) is 3.50. The molecule has 1 fully saturated rings. The minimum absolute atomic E-state index is 0.535. The minimum atomic E-state index is 0.535. The van der Waals surface area contributed by atoms with E-state index in [2.05, 4.69) is 31.2 Å². The van der Waals surface area contributed by atoms with Crippen LogP contribution in [-0.4, -0.2) is 69.3 Å². The van der Waals surface area contributed by atoms with E-state index >= 15 is 0 Å². The summed E-state index contributed by atoms with van der Waals surface area (Å²) in [6.07, 6.45) is 1.84. The number of para-hydroxylation sites is 1. The van der Waals surface area contributed by atoms with Gasteiger partial charge in [0.15, 0.2) is 5.96 Å². The van der Waals surface area contributed by atoms with Crippen molar-refractivity contribution in [2.24, 2.45) is 4.99 Å². The molecule has 1 saturated heterocycles. The molecule has 2 heterocycles. The molecular weight excluding hydrogens is 354 g/mol. The Morgan fingerprint density at radius 2 is 1.89 bits per heavy atom. The molecule has 0 atom stereocenters. The summed E-state index contributed by atoms with van der Waals surface area (Å²) in [5, 5.41) is 3.39. The molecule has 1 aliphatic heterocycles. The molecule has 0 bridgehead atoms. The van der Waals surface area contributed by atoms with E-state index in [0.717, 1.165) is 49.3 Å². The van der Waals surface area contributed by atoms with Crippen molar-refractivity contribution in [1.29, 1.82) is 0 Å². The summed E-state index contributed by atoms with van der Waals surface area (Å²) in [4.78, 5) is 13.4. The third-order valence-electron chi connectivity index (χ3n) is 4.74. The van der Waals surface area contributed by atoms with Crippen molar-refractivity contribution >= 4 is 11.8 Å². The summed E-state index contributed by atoms with van der Waals surface area (Å²) < 4.78 is 11.1. The Labute approximate surface area is 167 Å². The predicted octanol–water partition coefficient (Wildman–Crippen LogP) is 2.00. The fraction of sp³-hybridized carbons (Fsp3) is 0.429. The number of nitrogens with zero attached hydrogens (tertiary/aromatic N) is 4. The standard InChI is InChI=1S/C21H29N5O2/c1-22-21(24-11-16-28-17-18-7-3-4-8-19(18)27-2)26-14-12-25(13-15-26)20-9-5-6-10-23-20/h3-10H,11-17H2,1-2H3,(H,22,24). The van der Waals surface area contributed by atoms with Gasteiger partial charge in [0.25, 0.3) is 0 Å². The summed E-state index contributed by atoms with van der Waals surface area (Å²) in [5.41, 5.74) is 1.06. The van der Waals surface area contributed by atoms with Crippen LogP contribution in [0.2, 0.25) is 0 Å². The predicted molar refractivity (Wildman–Crippen MR) is 112 cm³/mol. The second-order valence-corrected chi connectivity index (χ2v) is 6.50. The number of methoxy groups -OCH3 is 1. The van der Waals surface area contributed by atoms with E-state index in [1.165, 1.54) is 0 Å². The highest BCUT2D eigenvalue weighted by atomic mass is 16.5. The van der Waals surface area contributed by atoms with E-state index in [1.54, 1.807) is 7.11 Å². The van der Waals surface area contributed by atoms with Gasteiger partial charge in [0.1, 0.15) is 11.6 Å². The number of hydrogen-bond donors (Lipinski definition) is 1. The Morgan fingerprint density at radius 1 is 1.11 bits per heavy atom. The van der Waals surface area contributed by atoms with Crippen LogP contribution in [0.1, 0.15) is 5.56 Å². The van der Waals surface area contributed by atoms with E-state index in [4.69, 9.17) is 9.47 Å². The molecular formula is C21H29N5O2. The Bertz CT molecular complexity index is 745. The van der Waals surface area contributed by atoms with Gasteiger partial charge in [0.05, 0.1) is 20.3 Å². The summed E-state index contributed by atoms with van der Waals surface area (Å²) >= 11 is 0. The summed E-state index contributed by atoms with van der Waals surface area (Å²) in [6, 6.07) is 14.0. The van der Waals surface area contributed by atoms with E-state index in [9.17, 15) is 0 Å². The number of rotatable bonds is 7. The van der Waals surface area contributed by atoms with E-state index < -0.39 is 0 Å². The van der Waals surface area contributed by atoms with Gasteiger partial charge < -0.3 is 24.6 Å².